The maximum atomic E-state index is 4.40. The molecule has 1 aromatic heterocycles. The van der Waals surface area contributed by atoms with Gasteiger partial charge in [-0.15, -0.1) is 5.10 Å². The second-order valence-electron chi connectivity index (χ2n) is 6.53. The Kier molecular flexibility index (Phi) is 3.76. The maximum absolute atomic E-state index is 4.40. The van der Waals surface area contributed by atoms with Crippen molar-refractivity contribution in [2.75, 3.05) is 5.32 Å². The van der Waals surface area contributed by atoms with Crippen molar-refractivity contribution in [2.45, 2.75) is 38.1 Å². The summed E-state index contributed by atoms with van der Waals surface area (Å²) in [6.45, 7) is 2.08. The molecule has 0 aliphatic heterocycles. The third-order valence-corrected chi connectivity index (χ3v) is 4.79. The van der Waals surface area contributed by atoms with E-state index >= 15 is 0 Å². The zero-order valence-corrected chi connectivity index (χ0v) is 13.8. The molecule has 1 N–H and O–H groups in total. The Morgan fingerprint density at radius 2 is 1.67 bits per heavy atom. The first kappa shape index (κ1) is 14.9. The fourth-order valence-corrected chi connectivity index (χ4v) is 3.53. The van der Waals surface area contributed by atoms with Crippen LogP contribution in [0.1, 0.15) is 37.1 Å². The monoisotopic (exact) mass is 319 g/mol. The van der Waals surface area contributed by atoms with E-state index in [-0.39, 0.29) is 5.54 Å². The predicted octanol–water partition coefficient (Wildman–Crippen LogP) is 3.85. The van der Waals surface area contributed by atoms with Gasteiger partial charge < -0.3 is 5.32 Å². The van der Waals surface area contributed by atoms with Gasteiger partial charge in [-0.05, 0) is 54.5 Å². The summed E-state index contributed by atoms with van der Waals surface area (Å²) in [6, 6.07) is 18.6. The molecule has 1 saturated carbocycles. The lowest BCUT2D eigenvalue weighted by atomic mass is 9.95. The third kappa shape index (κ3) is 2.66. The minimum absolute atomic E-state index is 0.213. The standard InChI is InChI=1S/C19H21N5/c1-15-9-11-17(12-10-15)24-18(21-22-23-24)19(13-5-6-14-19)20-16-7-3-2-4-8-16/h2-4,7-12,20H,5-6,13-14H2,1H3. The van der Waals surface area contributed by atoms with Crippen molar-refractivity contribution in [2.24, 2.45) is 0 Å². The number of rotatable bonds is 4. The number of tetrazole rings is 1. The Morgan fingerprint density at radius 1 is 0.958 bits per heavy atom. The summed E-state index contributed by atoms with van der Waals surface area (Å²) in [5.74, 6) is 0.896. The molecule has 1 fully saturated rings. The molecular formula is C19H21N5. The molecule has 24 heavy (non-hydrogen) atoms. The maximum Gasteiger partial charge on any atom is 0.181 e. The molecule has 1 aliphatic rings. The molecule has 4 rings (SSSR count). The van der Waals surface area contributed by atoms with Gasteiger partial charge in [0, 0.05) is 5.69 Å². The van der Waals surface area contributed by atoms with Crippen LogP contribution in [0.5, 0.6) is 0 Å². The van der Waals surface area contributed by atoms with E-state index in [1.807, 2.05) is 22.9 Å². The topological polar surface area (TPSA) is 55.6 Å². The zero-order chi connectivity index (χ0) is 16.4. The van der Waals surface area contributed by atoms with E-state index in [0.29, 0.717) is 0 Å². The lowest BCUT2D eigenvalue weighted by molar-refractivity contribution is 0.461. The second-order valence-corrected chi connectivity index (χ2v) is 6.53. The lowest BCUT2D eigenvalue weighted by Crippen LogP contribution is -2.35. The van der Waals surface area contributed by atoms with Crippen LogP contribution in [0, 0.1) is 6.92 Å². The van der Waals surface area contributed by atoms with Gasteiger partial charge in [0.2, 0.25) is 0 Å². The number of hydrogen-bond acceptors (Lipinski definition) is 4. The first-order valence-electron chi connectivity index (χ1n) is 8.46. The van der Waals surface area contributed by atoms with Gasteiger partial charge in [-0.2, -0.15) is 4.68 Å². The predicted molar refractivity (Wildman–Crippen MR) is 94.1 cm³/mol. The number of hydrogen-bond donors (Lipinski definition) is 1. The molecule has 3 aromatic rings. The van der Waals surface area contributed by atoms with Crippen molar-refractivity contribution in [3.8, 4) is 5.69 Å². The van der Waals surface area contributed by atoms with Crippen molar-refractivity contribution in [3.63, 3.8) is 0 Å². The Hall–Kier alpha value is -2.69. The van der Waals surface area contributed by atoms with Crippen LogP contribution >= 0.6 is 0 Å². The second kappa shape index (κ2) is 6.07. The summed E-state index contributed by atoms with van der Waals surface area (Å²) < 4.78 is 1.88. The average Bonchev–Trinajstić information content (AvgIpc) is 3.26. The Bertz CT molecular complexity index is 801. The van der Waals surface area contributed by atoms with E-state index in [1.165, 1.54) is 18.4 Å². The number of nitrogens with zero attached hydrogens (tertiary/aromatic N) is 4. The summed E-state index contributed by atoms with van der Waals surface area (Å²) in [5.41, 5.74) is 3.13. The first-order chi connectivity index (χ1) is 11.8. The van der Waals surface area contributed by atoms with Crippen LogP contribution in [0.3, 0.4) is 0 Å². The van der Waals surface area contributed by atoms with Crippen molar-refractivity contribution in [3.05, 3.63) is 66.0 Å². The molecular weight excluding hydrogens is 298 g/mol. The highest BCUT2D eigenvalue weighted by atomic mass is 15.6. The van der Waals surface area contributed by atoms with Crippen LogP contribution < -0.4 is 5.32 Å². The molecule has 5 nitrogen and oxygen atoms in total. The molecule has 0 saturated heterocycles. The van der Waals surface area contributed by atoms with E-state index in [4.69, 9.17) is 0 Å². The van der Waals surface area contributed by atoms with E-state index < -0.39 is 0 Å². The SMILES string of the molecule is Cc1ccc(-n2nnnc2C2(Nc3ccccc3)CCCC2)cc1. The molecule has 0 amide bonds. The number of aryl methyl sites for hydroxylation is 1. The fraction of sp³-hybridized carbons (Fsp3) is 0.316. The third-order valence-electron chi connectivity index (χ3n) is 4.79. The molecule has 0 unspecified atom stereocenters. The van der Waals surface area contributed by atoms with Crippen molar-refractivity contribution < 1.29 is 0 Å². The van der Waals surface area contributed by atoms with E-state index in [2.05, 4.69) is 64.2 Å². The molecule has 122 valence electrons. The van der Waals surface area contributed by atoms with Crippen LogP contribution in [0.25, 0.3) is 5.69 Å². The highest BCUT2D eigenvalue weighted by molar-refractivity contribution is 5.47. The Labute approximate surface area is 141 Å². The molecule has 0 spiro atoms. The van der Waals surface area contributed by atoms with Gasteiger partial charge in [0.15, 0.2) is 5.82 Å². The molecule has 2 aromatic carbocycles. The Balaban J connectivity index is 1.75. The van der Waals surface area contributed by atoms with Gasteiger partial charge in [0.1, 0.15) is 0 Å². The van der Waals surface area contributed by atoms with Crippen molar-refractivity contribution in [1.82, 2.24) is 20.2 Å². The van der Waals surface area contributed by atoms with Crippen LogP contribution in [0.2, 0.25) is 0 Å². The average molecular weight is 319 g/mol. The lowest BCUT2D eigenvalue weighted by Gasteiger charge is -2.30. The first-order valence-corrected chi connectivity index (χ1v) is 8.46. The largest absolute Gasteiger partial charge is 0.373 e. The quantitative estimate of drug-likeness (QED) is 0.793. The number of anilines is 1. The van der Waals surface area contributed by atoms with Crippen LogP contribution in [0.15, 0.2) is 54.6 Å². The molecule has 0 bridgehead atoms. The van der Waals surface area contributed by atoms with Gasteiger partial charge in [0.05, 0.1) is 11.2 Å². The number of benzene rings is 2. The zero-order valence-electron chi connectivity index (χ0n) is 13.8. The summed E-state index contributed by atoms with van der Waals surface area (Å²) >= 11 is 0. The van der Waals surface area contributed by atoms with E-state index in [9.17, 15) is 0 Å². The van der Waals surface area contributed by atoms with Crippen LogP contribution in [-0.2, 0) is 5.54 Å². The highest BCUT2D eigenvalue weighted by Crippen LogP contribution is 2.41. The molecule has 0 radical (unpaired) electrons. The van der Waals surface area contributed by atoms with Crippen LogP contribution in [0.4, 0.5) is 5.69 Å². The minimum atomic E-state index is -0.213. The normalized spacial score (nSPS) is 16.2. The summed E-state index contributed by atoms with van der Waals surface area (Å²) in [5, 5.41) is 16.4. The highest BCUT2D eigenvalue weighted by Gasteiger charge is 2.40. The number of para-hydroxylation sites is 1. The minimum Gasteiger partial charge on any atom is -0.373 e. The van der Waals surface area contributed by atoms with Gasteiger partial charge >= 0.3 is 0 Å². The summed E-state index contributed by atoms with van der Waals surface area (Å²) in [7, 11) is 0. The molecule has 1 heterocycles. The smallest absolute Gasteiger partial charge is 0.181 e. The Morgan fingerprint density at radius 3 is 2.38 bits per heavy atom. The van der Waals surface area contributed by atoms with Crippen LogP contribution in [-0.4, -0.2) is 20.2 Å². The molecule has 0 atom stereocenters. The molecule has 1 aliphatic carbocycles. The van der Waals surface area contributed by atoms with E-state index in [0.717, 1.165) is 30.0 Å². The fourth-order valence-electron chi connectivity index (χ4n) is 3.53. The summed E-state index contributed by atoms with van der Waals surface area (Å²) in [4.78, 5) is 0. The number of nitrogens with one attached hydrogen (secondary N) is 1. The van der Waals surface area contributed by atoms with Gasteiger partial charge in [-0.3, -0.25) is 0 Å². The van der Waals surface area contributed by atoms with E-state index in [1.54, 1.807) is 0 Å². The summed E-state index contributed by atoms with van der Waals surface area (Å²) in [6.07, 6.45) is 4.43. The van der Waals surface area contributed by atoms with Crippen molar-refractivity contribution in [1.29, 1.82) is 0 Å². The van der Waals surface area contributed by atoms with Gasteiger partial charge in [0.25, 0.3) is 0 Å². The van der Waals surface area contributed by atoms with Gasteiger partial charge in [-0.25, -0.2) is 0 Å². The van der Waals surface area contributed by atoms with Crippen molar-refractivity contribution >= 4 is 5.69 Å². The molecule has 5 heteroatoms. The number of aromatic nitrogens is 4. The van der Waals surface area contributed by atoms with Gasteiger partial charge in [-0.1, -0.05) is 48.7 Å².